The number of aliphatic carboxylic acids is 2. The molecule has 0 aromatic heterocycles. The molecule has 0 saturated carbocycles. The zero-order chi connectivity index (χ0) is 19.6. The van der Waals surface area contributed by atoms with Gasteiger partial charge in [-0.1, -0.05) is 64.7 Å². The Balaban J connectivity index is -0.000000498. The number of hydrogen-bond donors (Lipinski definition) is 3. The van der Waals surface area contributed by atoms with Gasteiger partial charge in [0.2, 0.25) is 0 Å². The molecular weight excluding hydrogens is 375 g/mol. The topological polar surface area (TPSA) is 138 Å². The molecule has 26 heavy (non-hydrogen) atoms. The predicted octanol–water partition coefficient (Wildman–Crippen LogP) is 3.01. The summed E-state index contributed by atoms with van der Waals surface area (Å²) in [5.74, 6) is -2.15. The summed E-state index contributed by atoms with van der Waals surface area (Å²) >= 11 is 0. The second-order valence-corrected chi connectivity index (χ2v) is 6.81. The van der Waals surface area contributed by atoms with Crippen LogP contribution in [-0.2, 0) is 24.2 Å². The van der Waals surface area contributed by atoms with Crippen LogP contribution in [0.4, 0.5) is 0 Å². The van der Waals surface area contributed by atoms with Crippen molar-refractivity contribution in [2.45, 2.75) is 84.0 Å². The summed E-state index contributed by atoms with van der Waals surface area (Å²) in [6, 6.07) is 0. The molecule has 152 valence electrons. The molecule has 0 aliphatic rings. The third-order valence-electron chi connectivity index (χ3n) is 3.28. The van der Waals surface area contributed by atoms with Crippen molar-refractivity contribution in [2.75, 3.05) is 6.61 Å². The van der Waals surface area contributed by atoms with Crippen LogP contribution in [0.1, 0.15) is 84.0 Å². The quantitative estimate of drug-likeness (QED) is 0.213. The van der Waals surface area contributed by atoms with Crippen LogP contribution < -0.4 is 0 Å². The van der Waals surface area contributed by atoms with Gasteiger partial charge < -0.3 is 10.2 Å². The van der Waals surface area contributed by atoms with E-state index < -0.39 is 22.3 Å². The normalized spacial score (nSPS) is 10.4. The molecule has 0 amide bonds. The van der Waals surface area contributed by atoms with Gasteiger partial charge in [0.15, 0.2) is 0 Å². The summed E-state index contributed by atoms with van der Waals surface area (Å²) in [6.45, 7) is 2.31. The molecule has 0 spiro atoms. The van der Waals surface area contributed by atoms with Gasteiger partial charge in [-0.3, -0.25) is 14.1 Å². The fraction of sp³-hybridized carbons (Fsp3) is 0.875. The minimum absolute atomic E-state index is 0. The number of unbranched alkanes of at least 4 members (excludes halogenated alkanes) is 9. The van der Waals surface area contributed by atoms with Crippen LogP contribution >= 0.6 is 0 Å². The molecule has 0 aliphatic carbocycles. The van der Waals surface area contributed by atoms with E-state index in [9.17, 15) is 18.0 Å². The van der Waals surface area contributed by atoms with E-state index in [-0.39, 0.29) is 49.0 Å². The van der Waals surface area contributed by atoms with Crippen LogP contribution in [0.5, 0.6) is 0 Å². The van der Waals surface area contributed by atoms with E-state index in [0.717, 1.165) is 12.8 Å². The van der Waals surface area contributed by atoms with Gasteiger partial charge in [-0.15, -0.1) is 0 Å². The second kappa shape index (κ2) is 21.1. The minimum atomic E-state index is -4.23. The van der Waals surface area contributed by atoms with E-state index in [2.05, 4.69) is 11.1 Å². The standard InChI is InChI=1S/C12H26O4S.C4H6O4.Na.H/c1-2-3-4-5-6-7-8-9-10-11-12-16-17(13,14)15;5-3(6)1-2-4(7)8;;/h2-12H2,1H3,(H,13,14,15);1-2H2,(H,5,6)(H,7,8);;. The number of carboxylic acids is 2. The molecule has 0 fully saturated rings. The maximum atomic E-state index is 10.2. The molecule has 0 atom stereocenters. The zero-order valence-electron chi connectivity index (χ0n) is 15.0. The molecule has 0 unspecified atom stereocenters. The summed E-state index contributed by atoms with van der Waals surface area (Å²) in [7, 11) is -4.23. The molecule has 3 N–H and O–H groups in total. The Kier molecular flexibility index (Phi) is 24.8. The number of rotatable bonds is 15. The van der Waals surface area contributed by atoms with Crippen molar-refractivity contribution in [1.29, 1.82) is 0 Å². The average molecular weight is 408 g/mol. The first-order valence-corrected chi connectivity index (χ1v) is 10.1. The van der Waals surface area contributed by atoms with Gasteiger partial charge in [0.25, 0.3) is 0 Å². The summed E-state index contributed by atoms with van der Waals surface area (Å²) in [5.41, 5.74) is 0. The van der Waals surface area contributed by atoms with Gasteiger partial charge in [-0.05, 0) is 6.42 Å². The summed E-state index contributed by atoms with van der Waals surface area (Å²) in [6.07, 6.45) is 11.3. The first-order valence-electron chi connectivity index (χ1n) is 8.74. The molecule has 0 heterocycles. The van der Waals surface area contributed by atoms with Gasteiger partial charge in [0.1, 0.15) is 0 Å². The van der Waals surface area contributed by atoms with Crippen molar-refractivity contribution in [3.63, 3.8) is 0 Å². The fourth-order valence-corrected chi connectivity index (χ4v) is 2.30. The molecule has 10 heteroatoms. The van der Waals surface area contributed by atoms with Crippen molar-refractivity contribution in [1.82, 2.24) is 0 Å². The Morgan fingerprint density at radius 2 is 1.12 bits per heavy atom. The summed E-state index contributed by atoms with van der Waals surface area (Å²) in [5, 5.41) is 15.8. The van der Waals surface area contributed by atoms with Crippen molar-refractivity contribution in [3.05, 3.63) is 0 Å². The van der Waals surface area contributed by atoms with E-state index in [0.29, 0.717) is 6.42 Å². The van der Waals surface area contributed by atoms with Gasteiger partial charge in [0, 0.05) is 0 Å². The molecular formula is C16H33NaO8S. The SMILES string of the molecule is CCCCCCCCCCCCOS(=O)(=O)O.O=C(O)CCC(=O)O.[NaH]. The third kappa shape index (κ3) is 35.0. The van der Waals surface area contributed by atoms with Gasteiger partial charge >= 0.3 is 51.9 Å². The summed E-state index contributed by atoms with van der Waals surface area (Å²) < 4.78 is 33.0. The van der Waals surface area contributed by atoms with Crippen LogP contribution in [0.3, 0.4) is 0 Å². The van der Waals surface area contributed by atoms with Crippen LogP contribution in [-0.4, -0.2) is 71.3 Å². The molecule has 0 aliphatic heterocycles. The monoisotopic (exact) mass is 408 g/mol. The van der Waals surface area contributed by atoms with E-state index in [1.165, 1.54) is 44.9 Å². The van der Waals surface area contributed by atoms with Crippen molar-refractivity contribution >= 4 is 51.9 Å². The Hall–Kier alpha value is -0.190. The van der Waals surface area contributed by atoms with Crippen molar-refractivity contribution < 1.29 is 37.0 Å². The average Bonchev–Trinajstić information content (AvgIpc) is 2.50. The number of hydrogen-bond acceptors (Lipinski definition) is 5. The van der Waals surface area contributed by atoms with Gasteiger partial charge in [0.05, 0.1) is 19.4 Å². The number of carboxylic acid groups (broad SMARTS) is 2. The molecule has 0 saturated heterocycles. The van der Waals surface area contributed by atoms with Crippen molar-refractivity contribution in [3.8, 4) is 0 Å². The van der Waals surface area contributed by atoms with E-state index in [1.54, 1.807) is 0 Å². The van der Waals surface area contributed by atoms with Crippen LogP contribution in [0, 0.1) is 0 Å². The molecule has 0 aromatic carbocycles. The number of carbonyl (C=O) groups is 2. The molecule has 0 radical (unpaired) electrons. The third-order valence-corrected chi connectivity index (χ3v) is 3.75. The van der Waals surface area contributed by atoms with Crippen LogP contribution in [0.25, 0.3) is 0 Å². The van der Waals surface area contributed by atoms with E-state index in [4.69, 9.17) is 14.8 Å². The van der Waals surface area contributed by atoms with Gasteiger partial charge in [-0.2, -0.15) is 8.42 Å². The first kappa shape index (κ1) is 30.5. The second-order valence-electron chi connectivity index (χ2n) is 5.72. The Labute approximate surface area is 178 Å². The zero-order valence-corrected chi connectivity index (χ0v) is 15.8. The van der Waals surface area contributed by atoms with E-state index >= 15 is 0 Å². The van der Waals surface area contributed by atoms with Crippen molar-refractivity contribution in [2.24, 2.45) is 0 Å². The molecule has 0 rings (SSSR count). The van der Waals surface area contributed by atoms with Crippen LogP contribution in [0.2, 0.25) is 0 Å². The Bertz CT molecular complexity index is 426. The first-order chi connectivity index (χ1) is 11.7. The fourth-order valence-electron chi connectivity index (χ4n) is 1.97. The molecule has 0 bridgehead atoms. The molecule has 8 nitrogen and oxygen atoms in total. The summed E-state index contributed by atoms with van der Waals surface area (Å²) in [4.78, 5) is 19.3. The Morgan fingerprint density at radius 1 is 0.769 bits per heavy atom. The Morgan fingerprint density at radius 3 is 1.42 bits per heavy atom. The molecule has 0 aromatic rings. The van der Waals surface area contributed by atoms with Gasteiger partial charge in [-0.25, -0.2) is 4.18 Å². The van der Waals surface area contributed by atoms with E-state index in [1.807, 2.05) is 0 Å². The maximum absolute atomic E-state index is 10.2. The van der Waals surface area contributed by atoms with Crippen LogP contribution in [0.15, 0.2) is 0 Å². The predicted molar refractivity (Wildman–Crippen MR) is 101 cm³/mol.